The van der Waals surface area contributed by atoms with E-state index in [1.165, 1.54) is 16.3 Å². The molecule has 0 aliphatic rings. The molecule has 32 heavy (non-hydrogen) atoms. The Hall–Kier alpha value is -3.45. The molecule has 0 radical (unpaired) electrons. The maximum atomic E-state index is 13.4. The topological polar surface area (TPSA) is 68.1 Å². The Morgan fingerprint density at radius 2 is 1.78 bits per heavy atom. The zero-order chi connectivity index (χ0) is 22.7. The molecule has 0 saturated heterocycles. The lowest BCUT2D eigenvalue weighted by molar-refractivity contribution is -0.117. The van der Waals surface area contributed by atoms with Gasteiger partial charge in [0.2, 0.25) is 5.91 Å². The fraction of sp³-hybridized carbons (Fsp3) is 0.200. The Balaban J connectivity index is 1.78. The number of carbonyl (C=O) groups is 1. The third kappa shape index (κ3) is 4.16. The second kappa shape index (κ2) is 9.36. The van der Waals surface area contributed by atoms with Gasteiger partial charge in [0.1, 0.15) is 5.82 Å². The van der Waals surface area contributed by atoms with Crippen molar-refractivity contribution in [3.05, 3.63) is 88.8 Å². The maximum absolute atomic E-state index is 13.4. The summed E-state index contributed by atoms with van der Waals surface area (Å²) in [5.41, 5.74) is 2.10. The predicted octanol–water partition coefficient (Wildman–Crippen LogP) is 4.62. The van der Waals surface area contributed by atoms with Crippen molar-refractivity contribution in [2.45, 2.75) is 31.2 Å². The standard InChI is InChI=1S/C25H24N4O2S/c1-4-28(19-12-6-5-7-13-19)23(30)18(3)32-25-27-21-15-9-8-14-20(21)24(31)29(25)22-17(2)11-10-16-26-22/h5-16,18H,4H2,1-3H3. The number of para-hydroxylation sites is 2. The summed E-state index contributed by atoms with van der Waals surface area (Å²) in [6.07, 6.45) is 1.65. The molecule has 6 nitrogen and oxygen atoms in total. The van der Waals surface area contributed by atoms with Gasteiger partial charge in [0.15, 0.2) is 5.16 Å². The second-order valence-corrected chi connectivity index (χ2v) is 8.68. The molecule has 2 aromatic carbocycles. The molecule has 0 saturated carbocycles. The Labute approximate surface area is 190 Å². The highest BCUT2D eigenvalue weighted by molar-refractivity contribution is 8.00. The molecule has 4 aromatic rings. The van der Waals surface area contributed by atoms with E-state index < -0.39 is 5.25 Å². The molecule has 1 unspecified atom stereocenters. The van der Waals surface area contributed by atoms with E-state index in [2.05, 4.69) is 4.98 Å². The van der Waals surface area contributed by atoms with Crippen LogP contribution < -0.4 is 10.5 Å². The number of rotatable bonds is 6. The molecule has 2 aromatic heterocycles. The van der Waals surface area contributed by atoms with Crippen LogP contribution in [0.3, 0.4) is 0 Å². The van der Waals surface area contributed by atoms with Crippen LogP contribution in [0.15, 0.2) is 82.9 Å². The van der Waals surface area contributed by atoms with Crippen LogP contribution in [0, 0.1) is 6.92 Å². The molecule has 0 aliphatic carbocycles. The van der Waals surface area contributed by atoms with Crippen molar-refractivity contribution in [3.63, 3.8) is 0 Å². The van der Waals surface area contributed by atoms with Crippen LogP contribution in [0.5, 0.6) is 0 Å². The van der Waals surface area contributed by atoms with Gasteiger partial charge in [0.25, 0.3) is 5.56 Å². The van der Waals surface area contributed by atoms with Crippen molar-refractivity contribution >= 4 is 34.3 Å². The van der Waals surface area contributed by atoms with Crippen LogP contribution in [0.2, 0.25) is 0 Å². The van der Waals surface area contributed by atoms with Crippen molar-refractivity contribution < 1.29 is 4.79 Å². The van der Waals surface area contributed by atoms with E-state index >= 15 is 0 Å². The van der Waals surface area contributed by atoms with E-state index in [1.54, 1.807) is 17.2 Å². The van der Waals surface area contributed by atoms with Crippen molar-refractivity contribution in [2.24, 2.45) is 0 Å². The van der Waals surface area contributed by atoms with Gasteiger partial charge in [-0.05, 0) is 56.7 Å². The number of hydrogen-bond acceptors (Lipinski definition) is 5. The maximum Gasteiger partial charge on any atom is 0.267 e. The second-order valence-electron chi connectivity index (χ2n) is 7.37. The summed E-state index contributed by atoms with van der Waals surface area (Å²) >= 11 is 1.27. The number of aryl methyl sites for hydroxylation is 1. The van der Waals surface area contributed by atoms with Crippen LogP contribution in [-0.4, -0.2) is 32.2 Å². The minimum atomic E-state index is -0.460. The number of carbonyl (C=O) groups excluding carboxylic acids is 1. The monoisotopic (exact) mass is 444 g/mol. The molecule has 0 N–H and O–H groups in total. The first kappa shape index (κ1) is 21.8. The molecule has 1 amide bonds. The van der Waals surface area contributed by atoms with E-state index in [-0.39, 0.29) is 11.5 Å². The summed E-state index contributed by atoms with van der Waals surface area (Å²) < 4.78 is 1.52. The minimum Gasteiger partial charge on any atom is -0.312 e. The van der Waals surface area contributed by atoms with Crippen molar-refractivity contribution in [2.75, 3.05) is 11.4 Å². The lowest BCUT2D eigenvalue weighted by atomic mass is 10.2. The van der Waals surface area contributed by atoms with Gasteiger partial charge in [-0.25, -0.2) is 14.5 Å². The van der Waals surface area contributed by atoms with Crippen LogP contribution in [0.1, 0.15) is 19.4 Å². The first-order valence-electron chi connectivity index (χ1n) is 10.5. The molecule has 0 spiro atoms. The average Bonchev–Trinajstić information content (AvgIpc) is 2.81. The molecule has 1 atom stereocenters. The Morgan fingerprint density at radius 1 is 1.06 bits per heavy atom. The number of fused-ring (bicyclic) bond motifs is 1. The van der Waals surface area contributed by atoms with Gasteiger partial charge < -0.3 is 4.90 Å². The molecule has 0 fully saturated rings. The molecule has 0 bridgehead atoms. The van der Waals surface area contributed by atoms with E-state index in [1.807, 2.05) is 81.4 Å². The van der Waals surface area contributed by atoms with Gasteiger partial charge in [-0.2, -0.15) is 0 Å². The van der Waals surface area contributed by atoms with Crippen molar-refractivity contribution in [1.82, 2.24) is 14.5 Å². The highest BCUT2D eigenvalue weighted by atomic mass is 32.2. The van der Waals surface area contributed by atoms with E-state index in [4.69, 9.17) is 4.98 Å². The third-order valence-corrected chi connectivity index (χ3v) is 6.26. The summed E-state index contributed by atoms with van der Waals surface area (Å²) in [7, 11) is 0. The van der Waals surface area contributed by atoms with Gasteiger partial charge >= 0.3 is 0 Å². The quantitative estimate of drug-likeness (QED) is 0.321. The molecule has 0 aliphatic heterocycles. The number of benzene rings is 2. The number of amides is 1. The van der Waals surface area contributed by atoms with Gasteiger partial charge in [-0.15, -0.1) is 0 Å². The van der Waals surface area contributed by atoms with Crippen LogP contribution >= 0.6 is 11.8 Å². The van der Waals surface area contributed by atoms with Gasteiger partial charge in [0, 0.05) is 18.4 Å². The Morgan fingerprint density at radius 3 is 2.50 bits per heavy atom. The average molecular weight is 445 g/mol. The summed E-state index contributed by atoms with van der Waals surface area (Å²) in [4.78, 5) is 37.7. The summed E-state index contributed by atoms with van der Waals surface area (Å²) in [5.74, 6) is 0.476. The van der Waals surface area contributed by atoms with Gasteiger partial charge in [-0.1, -0.05) is 48.2 Å². The third-order valence-electron chi connectivity index (χ3n) is 5.22. The SMILES string of the molecule is CCN(C(=O)C(C)Sc1nc2ccccc2c(=O)n1-c1ncccc1C)c1ccccc1. The minimum absolute atomic E-state index is 0.0459. The van der Waals surface area contributed by atoms with Crippen molar-refractivity contribution in [1.29, 1.82) is 0 Å². The number of hydrogen-bond donors (Lipinski definition) is 0. The summed E-state index contributed by atoms with van der Waals surface area (Å²) in [6.45, 7) is 6.24. The first-order chi connectivity index (χ1) is 15.5. The number of aromatic nitrogens is 3. The molecular formula is C25H24N4O2S. The zero-order valence-electron chi connectivity index (χ0n) is 18.2. The fourth-order valence-electron chi connectivity index (χ4n) is 3.59. The van der Waals surface area contributed by atoms with E-state index in [0.29, 0.717) is 28.4 Å². The molecule has 4 rings (SSSR count). The van der Waals surface area contributed by atoms with Gasteiger partial charge in [-0.3, -0.25) is 9.59 Å². The van der Waals surface area contributed by atoms with Crippen LogP contribution in [0.25, 0.3) is 16.7 Å². The molecular weight excluding hydrogens is 420 g/mol. The smallest absolute Gasteiger partial charge is 0.267 e. The molecule has 162 valence electrons. The Kier molecular flexibility index (Phi) is 6.37. The van der Waals surface area contributed by atoms with Crippen LogP contribution in [0.4, 0.5) is 5.69 Å². The van der Waals surface area contributed by atoms with E-state index in [9.17, 15) is 9.59 Å². The number of nitrogens with zero attached hydrogens (tertiary/aromatic N) is 4. The number of anilines is 1. The normalized spacial score (nSPS) is 12.0. The van der Waals surface area contributed by atoms with Crippen molar-refractivity contribution in [3.8, 4) is 5.82 Å². The highest BCUT2D eigenvalue weighted by Gasteiger charge is 2.25. The van der Waals surface area contributed by atoms with Gasteiger partial charge in [0.05, 0.1) is 16.2 Å². The molecule has 2 heterocycles. The number of pyridine rings is 1. The fourth-order valence-corrected chi connectivity index (χ4v) is 4.56. The lowest BCUT2D eigenvalue weighted by Crippen LogP contribution is -2.37. The highest BCUT2D eigenvalue weighted by Crippen LogP contribution is 2.27. The summed E-state index contributed by atoms with van der Waals surface area (Å²) in [6, 6.07) is 20.6. The lowest BCUT2D eigenvalue weighted by Gasteiger charge is -2.24. The predicted molar refractivity (Wildman–Crippen MR) is 130 cm³/mol. The zero-order valence-corrected chi connectivity index (χ0v) is 19.0. The van der Waals surface area contributed by atoms with Crippen LogP contribution in [-0.2, 0) is 4.79 Å². The Bertz CT molecular complexity index is 1320. The first-order valence-corrected chi connectivity index (χ1v) is 11.4. The summed E-state index contributed by atoms with van der Waals surface area (Å²) in [5, 5.41) is 0.499. The molecule has 7 heteroatoms. The largest absolute Gasteiger partial charge is 0.312 e. The number of thioether (sulfide) groups is 1. The van der Waals surface area contributed by atoms with E-state index in [0.717, 1.165) is 11.3 Å².